The number of amides is 2. The smallest absolute Gasteiger partial charge is 0.325 e. The first-order valence-electron chi connectivity index (χ1n) is 7.46. The van der Waals surface area contributed by atoms with Crippen molar-refractivity contribution in [2.45, 2.75) is 26.2 Å². The van der Waals surface area contributed by atoms with Gasteiger partial charge in [-0.15, -0.1) is 0 Å². The minimum atomic E-state index is -0.450. The maximum Gasteiger partial charge on any atom is 0.325 e. The molecular weight excluding hydrogens is 284 g/mol. The molecule has 118 valence electrons. The molecule has 0 unspecified atom stereocenters. The van der Waals surface area contributed by atoms with Gasteiger partial charge >= 0.3 is 5.97 Å². The summed E-state index contributed by atoms with van der Waals surface area (Å²) >= 11 is 0. The minimum Gasteiger partial charge on any atom is -0.464 e. The van der Waals surface area contributed by atoms with Crippen LogP contribution in [0, 0.1) is 0 Å². The zero-order chi connectivity index (χ0) is 15.9. The van der Waals surface area contributed by atoms with E-state index in [1.807, 2.05) is 6.92 Å². The summed E-state index contributed by atoms with van der Waals surface area (Å²) < 4.78 is 4.88. The molecule has 1 aliphatic rings. The summed E-state index contributed by atoms with van der Waals surface area (Å²) in [6.45, 7) is 2.82. The van der Waals surface area contributed by atoms with E-state index in [1.54, 1.807) is 29.2 Å². The lowest BCUT2D eigenvalue weighted by molar-refractivity contribution is -0.142. The van der Waals surface area contributed by atoms with Gasteiger partial charge in [-0.25, -0.2) is 0 Å². The Morgan fingerprint density at radius 3 is 2.59 bits per heavy atom. The molecule has 2 amide bonds. The van der Waals surface area contributed by atoms with E-state index in [1.165, 1.54) is 0 Å². The highest BCUT2D eigenvalue weighted by Gasteiger charge is 2.21. The van der Waals surface area contributed by atoms with Crippen LogP contribution in [0.15, 0.2) is 24.3 Å². The van der Waals surface area contributed by atoms with Crippen LogP contribution in [0.25, 0.3) is 0 Å². The van der Waals surface area contributed by atoms with Crippen molar-refractivity contribution in [1.29, 1.82) is 0 Å². The Bertz CT molecular complexity index is 554. The molecule has 0 saturated carbocycles. The van der Waals surface area contributed by atoms with Gasteiger partial charge in [0, 0.05) is 24.2 Å². The predicted molar refractivity (Wildman–Crippen MR) is 81.6 cm³/mol. The first kappa shape index (κ1) is 16.0. The normalized spacial score (nSPS) is 14.0. The average Bonchev–Trinajstić information content (AvgIpc) is 2.96. The van der Waals surface area contributed by atoms with Crippen LogP contribution in [0.1, 0.15) is 36.5 Å². The van der Waals surface area contributed by atoms with Gasteiger partial charge in [-0.1, -0.05) is 6.92 Å². The zero-order valence-corrected chi connectivity index (χ0v) is 12.6. The Labute approximate surface area is 129 Å². The van der Waals surface area contributed by atoms with Crippen LogP contribution in [-0.2, 0) is 14.3 Å². The molecule has 1 fully saturated rings. The second-order valence-electron chi connectivity index (χ2n) is 5.10. The van der Waals surface area contributed by atoms with Crippen LogP contribution >= 0.6 is 0 Å². The van der Waals surface area contributed by atoms with Crippen molar-refractivity contribution in [3.63, 3.8) is 0 Å². The molecule has 6 heteroatoms. The summed E-state index contributed by atoms with van der Waals surface area (Å²) in [6, 6.07) is 6.78. The molecule has 6 nitrogen and oxygen atoms in total. The number of nitrogens with zero attached hydrogens (tertiary/aromatic N) is 1. The number of hydrogen-bond donors (Lipinski definition) is 1. The zero-order valence-electron chi connectivity index (χ0n) is 12.6. The van der Waals surface area contributed by atoms with E-state index in [4.69, 9.17) is 4.74 Å². The summed E-state index contributed by atoms with van der Waals surface area (Å²) in [6.07, 6.45) is 2.18. The molecule has 22 heavy (non-hydrogen) atoms. The summed E-state index contributed by atoms with van der Waals surface area (Å²) in [5, 5.41) is 2.51. The first-order chi connectivity index (χ1) is 10.6. The van der Waals surface area contributed by atoms with Gasteiger partial charge in [0.25, 0.3) is 5.91 Å². The summed E-state index contributed by atoms with van der Waals surface area (Å²) in [5.41, 5.74) is 1.24. The van der Waals surface area contributed by atoms with E-state index < -0.39 is 5.97 Å². The predicted octanol–water partition coefficient (Wildman–Crippen LogP) is 1.50. The fourth-order valence-electron chi connectivity index (χ4n) is 2.24. The number of hydrogen-bond acceptors (Lipinski definition) is 4. The van der Waals surface area contributed by atoms with Gasteiger partial charge in [0.1, 0.15) is 6.54 Å². The second-order valence-corrected chi connectivity index (χ2v) is 5.10. The van der Waals surface area contributed by atoms with E-state index >= 15 is 0 Å². The molecule has 1 saturated heterocycles. The molecule has 1 aromatic carbocycles. The largest absolute Gasteiger partial charge is 0.464 e. The van der Waals surface area contributed by atoms with Crippen LogP contribution in [0.4, 0.5) is 5.69 Å². The molecule has 2 rings (SSSR count). The number of anilines is 1. The monoisotopic (exact) mass is 304 g/mol. The lowest BCUT2D eigenvalue weighted by Crippen LogP contribution is -2.30. The van der Waals surface area contributed by atoms with E-state index in [0.29, 0.717) is 25.1 Å². The van der Waals surface area contributed by atoms with Gasteiger partial charge in [0.05, 0.1) is 6.61 Å². The Balaban J connectivity index is 1.88. The lowest BCUT2D eigenvalue weighted by atomic mass is 10.2. The number of benzene rings is 1. The van der Waals surface area contributed by atoms with Crippen LogP contribution in [0.3, 0.4) is 0 Å². The van der Waals surface area contributed by atoms with Crippen LogP contribution < -0.4 is 10.2 Å². The molecule has 0 radical (unpaired) electrons. The van der Waals surface area contributed by atoms with Gasteiger partial charge in [0.15, 0.2) is 0 Å². The van der Waals surface area contributed by atoms with Crippen LogP contribution in [0.5, 0.6) is 0 Å². The third kappa shape index (κ3) is 4.07. The molecule has 1 aromatic rings. The number of carbonyl (C=O) groups is 3. The molecular formula is C16H20N2O4. The van der Waals surface area contributed by atoms with E-state index in [2.05, 4.69) is 5.32 Å². The maximum absolute atomic E-state index is 11.9. The fraction of sp³-hybridized carbons (Fsp3) is 0.438. The van der Waals surface area contributed by atoms with Gasteiger partial charge in [-0.2, -0.15) is 0 Å². The quantitative estimate of drug-likeness (QED) is 0.808. The molecule has 0 aliphatic carbocycles. The lowest BCUT2D eigenvalue weighted by Gasteiger charge is -2.15. The summed E-state index contributed by atoms with van der Waals surface area (Å²) in [7, 11) is 0. The molecule has 0 spiro atoms. The molecule has 0 atom stereocenters. The number of rotatable bonds is 6. The van der Waals surface area contributed by atoms with E-state index in [9.17, 15) is 14.4 Å². The van der Waals surface area contributed by atoms with Gasteiger partial charge in [-0.3, -0.25) is 14.4 Å². The van der Waals surface area contributed by atoms with Crippen molar-refractivity contribution < 1.29 is 19.1 Å². The molecule has 0 bridgehead atoms. The number of ether oxygens (including phenoxy) is 1. The highest BCUT2D eigenvalue weighted by atomic mass is 16.5. The van der Waals surface area contributed by atoms with Gasteiger partial charge in [-0.05, 0) is 37.1 Å². The molecule has 1 heterocycles. The minimum absolute atomic E-state index is 0.107. The first-order valence-corrected chi connectivity index (χ1v) is 7.46. The van der Waals surface area contributed by atoms with Gasteiger partial charge in [0.2, 0.25) is 5.91 Å². The van der Waals surface area contributed by atoms with Crippen LogP contribution in [-0.4, -0.2) is 37.5 Å². The van der Waals surface area contributed by atoms with Gasteiger partial charge < -0.3 is 15.0 Å². The number of esters is 1. The van der Waals surface area contributed by atoms with Crippen molar-refractivity contribution >= 4 is 23.5 Å². The SMILES string of the molecule is CCCOC(=O)CNC(=O)c1ccc(N2CCCC2=O)cc1. The van der Waals surface area contributed by atoms with Crippen molar-refractivity contribution in [2.75, 3.05) is 24.6 Å². The van der Waals surface area contributed by atoms with Crippen molar-refractivity contribution in [3.05, 3.63) is 29.8 Å². The second kappa shape index (κ2) is 7.59. The average molecular weight is 304 g/mol. The highest BCUT2D eigenvalue weighted by Crippen LogP contribution is 2.21. The molecule has 1 aliphatic heterocycles. The van der Waals surface area contributed by atoms with E-state index in [0.717, 1.165) is 18.5 Å². The fourth-order valence-corrected chi connectivity index (χ4v) is 2.24. The summed E-state index contributed by atoms with van der Waals surface area (Å²) in [5.74, 6) is -0.682. The summed E-state index contributed by atoms with van der Waals surface area (Å²) in [4.78, 5) is 36.6. The Morgan fingerprint density at radius 2 is 2.00 bits per heavy atom. The topological polar surface area (TPSA) is 75.7 Å². The Hall–Kier alpha value is -2.37. The highest BCUT2D eigenvalue weighted by molar-refractivity contribution is 5.98. The van der Waals surface area contributed by atoms with Crippen molar-refractivity contribution in [3.8, 4) is 0 Å². The maximum atomic E-state index is 11.9. The molecule has 0 aromatic heterocycles. The standard InChI is InChI=1S/C16H20N2O4/c1-2-10-22-15(20)11-17-16(21)12-5-7-13(8-6-12)18-9-3-4-14(18)19/h5-8H,2-4,9-11H2,1H3,(H,17,21). The van der Waals surface area contributed by atoms with Crippen molar-refractivity contribution in [2.24, 2.45) is 0 Å². The van der Waals surface area contributed by atoms with E-state index in [-0.39, 0.29) is 18.4 Å². The van der Waals surface area contributed by atoms with Crippen molar-refractivity contribution in [1.82, 2.24) is 5.32 Å². The Morgan fingerprint density at radius 1 is 1.27 bits per heavy atom. The number of carbonyl (C=O) groups excluding carboxylic acids is 3. The number of nitrogens with one attached hydrogen (secondary N) is 1. The third-order valence-electron chi connectivity index (χ3n) is 3.38. The molecule has 1 N–H and O–H groups in total. The Kier molecular flexibility index (Phi) is 5.52. The van der Waals surface area contributed by atoms with Crippen LogP contribution in [0.2, 0.25) is 0 Å². The third-order valence-corrected chi connectivity index (χ3v) is 3.38.